The zero-order chi connectivity index (χ0) is 12.5. The number of esters is 1. The van der Waals surface area contributed by atoms with Crippen molar-refractivity contribution in [2.45, 2.75) is 57.2 Å². The van der Waals surface area contributed by atoms with Crippen LogP contribution < -0.4 is 5.32 Å². The van der Waals surface area contributed by atoms with Crippen LogP contribution in [0.2, 0.25) is 0 Å². The Hall–Kier alpha value is -0.610. The van der Waals surface area contributed by atoms with Crippen molar-refractivity contribution in [2.75, 3.05) is 13.7 Å². The minimum atomic E-state index is -0.114. The third kappa shape index (κ3) is 3.42. The molecule has 4 heteroatoms. The number of hydrogen-bond acceptors (Lipinski definition) is 4. The van der Waals surface area contributed by atoms with E-state index in [0.29, 0.717) is 12.0 Å². The Balaban J connectivity index is 1.91. The van der Waals surface area contributed by atoms with E-state index in [1.165, 1.54) is 7.11 Å². The Labute approximate surface area is 103 Å². The smallest absolute Gasteiger partial charge is 0.323 e. The van der Waals surface area contributed by atoms with Gasteiger partial charge in [0.1, 0.15) is 6.04 Å². The van der Waals surface area contributed by atoms with Crippen molar-refractivity contribution in [3.8, 4) is 0 Å². The van der Waals surface area contributed by atoms with Crippen LogP contribution in [0.25, 0.3) is 0 Å². The highest BCUT2D eigenvalue weighted by atomic mass is 16.5. The molecule has 0 radical (unpaired) electrons. The van der Waals surface area contributed by atoms with Crippen LogP contribution in [0.4, 0.5) is 0 Å². The average molecular weight is 241 g/mol. The summed E-state index contributed by atoms with van der Waals surface area (Å²) in [4.78, 5) is 11.7. The summed E-state index contributed by atoms with van der Waals surface area (Å²) < 4.78 is 10.6. The normalized spacial score (nSPS) is 29.7. The molecular weight excluding hydrogens is 218 g/mol. The monoisotopic (exact) mass is 241 g/mol. The van der Waals surface area contributed by atoms with E-state index in [2.05, 4.69) is 19.2 Å². The molecule has 0 aromatic rings. The van der Waals surface area contributed by atoms with Crippen LogP contribution in [-0.2, 0) is 14.3 Å². The maximum absolute atomic E-state index is 11.7. The second-order valence-electron chi connectivity index (χ2n) is 5.80. The first-order valence-electron chi connectivity index (χ1n) is 6.50. The molecule has 0 amide bonds. The fourth-order valence-electron chi connectivity index (χ4n) is 2.58. The molecule has 0 bridgehead atoms. The van der Waals surface area contributed by atoms with Crippen molar-refractivity contribution in [2.24, 2.45) is 5.92 Å². The van der Waals surface area contributed by atoms with Gasteiger partial charge in [-0.15, -0.1) is 0 Å². The average Bonchev–Trinajstić information content (AvgIpc) is 3.07. The molecule has 2 aliphatic rings. The van der Waals surface area contributed by atoms with Gasteiger partial charge in [0.2, 0.25) is 0 Å². The predicted molar refractivity (Wildman–Crippen MR) is 64.7 cm³/mol. The Morgan fingerprint density at radius 3 is 2.65 bits per heavy atom. The van der Waals surface area contributed by atoms with Gasteiger partial charge in [-0.1, -0.05) is 0 Å². The summed E-state index contributed by atoms with van der Waals surface area (Å²) in [5.74, 6) is 0.366. The number of nitrogens with one attached hydrogen (secondary N) is 1. The molecule has 2 fully saturated rings. The lowest BCUT2D eigenvalue weighted by atomic mass is 9.93. The van der Waals surface area contributed by atoms with Gasteiger partial charge < -0.3 is 14.8 Å². The van der Waals surface area contributed by atoms with Crippen molar-refractivity contribution in [1.29, 1.82) is 0 Å². The number of hydrogen-bond donors (Lipinski definition) is 1. The van der Waals surface area contributed by atoms with E-state index in [-0.39, 0.29) is 17.6 Å². The van der Waals surface area contributed by atoms with E-state index in [1.54, 1.807) is 0 Å². The van der Waals surface area contributed by atoms with Crippen molar-refractivity contribution >= 4 is 5.97 Å². The highest BCUT2D eigenvalue weighted by Crippen LogP contribution is 2.34. The van der Waals surface area contributed by atoms with Crippen molar-refractivity contribution in [3.63, 3.8) is 0 Å². The van der Waals surface area contributed by atoms with Gasteiger partial charge in [0.25, 0.3) is 0 Å². The van der Waals surface area contributed by atoms with E-state index in [4.69, 9.17) is 9.47 Å². The number of methoxy groups -OCH3 is 1. The molecule has 2 unspecified atom stereocenters. The van der Waals surface area contributed by atoms with Gasteiger partial charge in [0, 0.05) is 12.6 Å². The predicted octanol–water partition coefficient (Wildman–Crippen LogP) is 1.49. The molecule has 0 aromatic carbocycles. The summed E-state index contributed by atoms with van der Waals surface area (Å²) in [5.41, 5.74) is -0.0832. The zero-order valence-corrected chi connectivity index (χ0v) is 11.0. The number of carbonyl (C=O) groups excluding carboxylic acids is 1. The highest BCUT2D eigenvalue weighted by molar-refractivity contribution is 5.76. The molecular formula is C13H23NO3. The molecule has 1 aliphatic carbocycles. The Morgan fingerprint density at radius 1 is 1.41 bits per heavy atom. The topological polar surface area (TPSA) is 47.6 Å². The van der Waals surface area contributed by atoms with E-state index in [0.717, 1.165) is 32.3 Å². The standard InChI is InChI=1S/C13H23NO3/c1-13(2)8-10(6-7-17-13)14-11(9-4-5-9)12(15)16-3/h9-11,14H,4-8H2,1-3H3. The maximum atomic E-state index is 11.7. The van der Waals surface area contributed by atoms with Crippen molar-refractivity contribution in [3.05, 3.63) is 0 Å². The maximum Gasteiger partial charge on any atom is 0.323 e. The lowest BCUT2D eigenvalue weighted by molar-refractivity contribution is -0.144. The molecule has 1 saturated heterocycles. The summed E-state index contributed by atoms with van der Waals surface area (Å²) in [6, 6.07) is 0.252. The number of carbonyl (C=O) groups is 1. The minimum absolute atomic E-state index is 0.0832. The molecule has 1 heterocycles. The quantitative estimate of drug-likeness (QED) is 0.757. The molecule has 98 valence electrons. The number of rotatable bonds is 4. The summed E-state index contributed by atoms with van der Waals surface area (Å²) in [6.45, 7) is 4.97. The molecule has 17 heavy (non-hydrogen) atoms. The largest absolute Gasteiger partial charge is 0.468 e. The molecule has 0 spiro atoms. The van der Waals surface area contributed by atoms with E-state index in [1.807, 2.05) is 0 Å². The first kappa shape index (κ1) is 12.8. The Kier molecular flexibility index (Phi) is 3.73. The molecule has 1 aliphatic heterocycles. The van der Waals surface area contributed by atoms with Gasteiger partial charge in [-0.2, -0.15) is 0 Å². The van der Waals surface area contributed by atoms with Crippen molar-refractivity contribution in [1.82, 2.24) is 5.32 Å². The molecule has 1 saturated carbocycles. The Bertz CT molecular complexity index is 286. The SMILES string of the molecule is COC(=O)C(NC1CCOC(C)(C)C1)C1CC1. The fourth-order valence-corrected chi connectivity index (χ4v) is 2.58. The van der Waals surface area contributed by atoms with Crippen LogP contribution in [0.1, 0.15) is 39.5 Å². The molecule has 4 nitrogen and oxygen atoms in total. The second-order valence-corrected chi connectivity index (χ2v) is 5.80. The highest BCUT2D eigenvalue weighted by Gasteiger charge is 2.39. The van der Waals surface area contributed by atoms with Crippen LogP contribution in [0.5, 0.6) is 0 Å². The van der Waals surface area contributed by atoms with Crippen LogP contribution in [0.15, 0.2) is 0 Å². The summed E-state index contributed by atoms with van der Waals surface area (Å²) >= 11 is 0. The lowest BCUT2D eigenvalue weighted by Crippen LogP contribution is -2.50. The second kappa shape index (κ2) is 4.94. The van der Waals surface area contributed by atoms with Gasteiger partial charge in [-0.3, -0.25) is 4.79 Å². The molecule has 2 atom stereocenters. The van der Waals surface area contributed by atoms with Crippen LogP contribution in [-0.4, -0.2) is 37.4 Å². The summed E-state index contributed by atoms with van der Waals surface area (Å²) in [6.07, 6.45) is 4.20. The van der Waals surface area contributed by atoms with E-state index in [9.17, 15) is 4.79 Å². The van der Waals surface area contributed by atoms with Crippen molar-refractivity contribution < 1.29 is 14.3 Å². The Morgan fingerprint density at radius 2 is 2.12 bits per heavy atom. The summed E-state index contributed by atoms with van der Waals surface area (Å²) in [7, 11) is 1.47. The van der Waals surface area contributed by atoms with E-state index < -0.39 is 0 Å². The van der Waals surface area contributed by atoms with E-state index >= 15 is 0 Å². The lowest BCUT2D eigenvalue weighted by Gasteiger charge is -2.37. The molecule has 1 N–H and O–H groups in total. The van der Waals surface area contributed by atoms with Gasteiger partial charge >= 0.3 is 5.97 Å². The number of ether oxygens (including phenoxy) is 2. The van der Waals surface area contributed by atoms with Gasteiger partial charge in [0.05, 0.1) is 12.7 Å². The third-order valence-electron chi connectivity index (χ3n) is 3.66. The first-order chi connectivity index (χ1) is 8.02. The van der Waals surface area contributed by atoms with Crippen LogP contribution in [0.3, 0.4) is 0 Å². The van der Waals surface area contributed by atoms with Gasteiger partial charge in [-0.25, -0.2) is 0 Å². The molecule has 2 rings (SSSR count). The first-order valence-corrected chi connectivity index (χ1v) is 6.50. The van der Waals surface area contributed by atoms with Crippen LogP contribution in [0, 0.1) is 5.92 Å². The third-order valence-corrected chi connectivity index (χ3v) is 3.66. The molecule has 0 aromatic heterocycles. The summed E-state index contributed by atoms with van der Waals surface area (Å²) in [5, 5.41) is 3.47. The van der Waals surface area contributed by atoms with Gasteiger partial charge in [-0.05, 0) is 45.4 Å². The van der Waals surface area contributed by atoms with Crippen LogP contribution >= 0.6 is 0 Å². The van der Waals surface area contributed by atoms with Gasteiger partial charge in [0.15, 0.2) is 0 Å². The zero-order valence-electron chi connectivity index (χ0n) is 11.0. The fraction of sp³-hybridized carbons (Fsp3) is 0.923. The minimum Gasteiger partial charge on any atom is -0.468 e.